The SMILES string of the molecule is CC.CSC(N=CN)=NC1CCN(C)CC1. The maximum atomic E-state index is 5.24. The average molecular weight is 244 g/mol. The summed E-state index contributed by atoms with van der Waals surface area (Å²) in [6.07, 6.45) is 5.53. The van der Waals surface area contributed by atoms with Crippen LogP contribution in [0.3, 0.4) is 0 Å². The second kappa shape index (κ2) is 9.66. The van der Waals surface area contributed by atoms with E-state index in [1.54, 1.807) is 11.8 Å². The Balaban J connectivity index is 0.00000106. The number of rotatable bonds is 1. The van der Waals surface area contributed by atoms with Crippen molar-refractivity contribution in [2.24, 2.45) is 15.7 Å². The van der Waals surface area contributed by atoms with E-state index in [4.69, 9.17) is 5.73 Å². The molecule has 0 amide bonds. The Morgan fingerprint density at radius 1 is 1.38 bits per heavy atom. The summed E-state index contributed by atoms with van der Waals surface area (Å²) < 4.78 is 0. The normalized spacial score (nSPS) is 19.6. The van der Waals surface area contributed by atoms with Crippen molar-refractivity contribution in [3.05, 3.63) is 0 Å². The molecule has 0 saturated carbocycles. The van der Waals surface area contributed by atoms with Crippen LogP contribution in [0.5, 0.6) is 0 Å². The molecule has 0 atom stereocenters. The molecule has 1 saturated heterocycles. The van der Waals surface area contributed by atoms with Crippen LogP contribution in [0.1, 0.15) is 26.7 Å². The highest BCUT2D eigenvalue weighted by atomic mass is 32.2. The summed E-state index contributed by atoms with van der Waals surface area (Å²) in [5, 5.41) is 0.794. The number of nitrogens with zero attached hydrogens (tertiary/aromatic N) is 3. The Hall–Kier alpha value is -0.550. The number of nitrogens with two attached hydrogens (primary N) is 1. The maximum absolute atomic E-state index is 5.24. The minimum Gasteiger partial charge on any atom is -0.390 e. The fourth-order valence-electron chi connectivity index (χ4n) is 1.48. The molecule has 5 heteroatoms. The van der Waals surface area contributed by atoms with E-state index in [0.29, 0.717) is 6.04 Å². The van der Waals surface area contributed by atoms with Gasteiger partial charge in [0.05, 0.1) is 12.4 Å². The average Bonchev–Trinajstić information content (AvgIpc) is 2.34. The van der Waals surface area contributed by atoms with Crippen LogP contribution in [0.2, 0.25) is 0 Å². The minimum atomic E-state index is 0.428. The van der Waals surface area contributed by atoms with Crippen molar-refractivity contribution in [2.75, 3.05) is 26.4 Å². The van der Waals surface area contributed by atoms with Crippen LogP contribution < -0.4 is 5.73 Å². The largest absolute Gasteiger partial charge is 0.390 e. The van der Waals surface area contributed by atoms with E-state index in [2.05, 4.69) is 21.9 Å². The number of thioether (sulfide) groups is 1. The molecule has 0 bridgehead atoms. The van der Waals surface area contributed by atoms with Crippen molar-refractivity contribution >= 4 is 23.3 Å². The van der Waals surface area contributed by atoms with Gasteiger partial charge in [-0.15, -0.1) is 0 Å². The van der Waals surface area contributed by atoms with E-state index < -0.39 is 0 Å². The van der Waals surface area contributed by atoms with Gasteiger partial charge in [0.25, 0.3) is 0 Å². The van der Waals surface area contributed by atoms with E-state index in [1.165, 1.54) is 6.34 Å². The Morgan fingerprint density at radius 2 is 1.94 bits per heavy atom. The van der Waals surface area contributed by atoms with Gasteiger partial charge in [0.1, 0.15) is 0 Å². The van der Waals surface area contributed by atoms with Gasteiger partial charge < -0.3 is 10.6 Å². The number of amidine groups is 1. The molecule has 1 aliphatic rings. The van der Waals surface area contributed by atoms with Gasteiger partial charge in [-0.05, 0) is 39.2 Å². The van der Waals surface area contributed by atoms with Gasteiger partial charge in [0, 0.05) is 0 Å². The van der Waals surface area contributed by atoms with E-state index in [-0.39, 0.29) is 0 Å². The van der Waals surface area contributed by atoms with Crippen molar-refractivity contribution in [2.45, 2.75) is 32.7 Å². The van der Waals surface area contributed by atoms with E-state index in [0.717, 1.165) is 31.1 Å². The third kappa shape index (κ3) is 6.12. The summed E-state index contributed by atoms with van der Waals surface area (Å²) in [5.74, 6) is 0. The molecule has 94 valence electrons. The predicted octanol–water partition coefficient (Wildman–Crippen LogP) is 1.81. The Bertz CT molecular complexity index is 220. The second-order valence-corrected chi connectivity index (χ2v) is 4.20. The van der Waals surface area contributed by atoms with Crippen LogP contribution in [0.15, 0.2) is 9.98 Å². The lowest BCUT2D eigenvalue weighted by Crippen LogP contribution is -2.32. The highest BCUT2D eigenvalue weighted by molar-refractivity contribution is 8.13. The number of likely N-dealkylation sites (tertiary alicyclic amines) is 1. The third-order valence-electron chi connectivity index (χ3n) is 2.35. The maximum Gasteiger partial charge on any atom is 0.184 e. The highest BCUT2D eigenvalue weighted by Gasteiger charge is 2.15. The summed E-state index contributed by atoms with van der Waals surface area (Å²) in [6, 6.07) is 0.428. The van der Waals surface area contributed by atoms with Crippen molar-refractivity contribution in [3.8, 4) is 0 Å². The van der Waals surface area contributed by atoms with Crippen LogP contribution in [0.25, 0.3) is 0 Å². The molecule has 0 aromatic heterocycles. The Labute approximate surface area is 103 Å². The van der Waals surface area contributed by atoms with E-state index in [9.17, 15) is 0 Å². The van der Waals surface area contributed by atoms with E-state index >= 15 is 0 Å². The van der Waals surface area contributed by atoms with Gasteiger partial charge in [-0.1, -0.05) is 25.6 Å². The summed E-state index contributed by atoms with van der Waals surface area (Å²) >= 11 is 1.55. The van der Waals surface area contributed by atoms with Crippen LogP contribution in [-0.4, -0.2) is 48.8 Å². The highest BCUT2D eigenvalue weighted by Crippen LogP contribution is 2.14. The van der Waals surface area contributed by atoms with Crippen molar-refractivity contribution in [1.29, 1.82) is 0 Å². The fourth-order valence-corrected chi connectivity index (χ4v) is 1.90. The van der Waals surface area contributed by atoms with Gasteiger partial charge in [0.2, 0.25) is 0 Å². The quantitative estimate of drug-likeness (QED) is 0.565. The van der Waals surface area contributed by atoms with Crippen LogP contribution in [-0.2, 0) is 0 Å². The van der Waals surface area contributed by atoms with Crippen molar-refractivity contribution < 1.29 is 0 Å². The molecule has 1 aliphatic heterocycles. The van der Waals surface area contributed by atoms with Gasteiger partial charge >= 0.3 is 0 Å². The molecule has 16 heavy (non-hydrogen) atoms. The fraction of sp³-hybridized carbons (Fsp3) is 0.818. The predicted molar refractivity (Wildman–Crippen MR) is 75.5 cm³/mol. The Kier molecular flexibility index (Phi) is 9.33. The number of aliphatic imine (C=N–C) groups is 2. The number of hydrogen-bond acceptors (Lipinski definition) is 3. The summed E-state index contributed by atoms with van der Waals surface area (Å²) in [5.41, 5.74) is 5.24. The molecule has 1 heterocycles. The molecule has 0 unspecified atom stereocenters. The van der Waals surface area contributed by atoms with Crippen LogP contribution in [0.4, 0.5) is 0 Å². The zero-order valence-electron chi connectivity index (χ0n) is 10.8. The zero-order valence-corrected chi connectivity index (χ0v) is 11.6. The van der Waals surface area contributed by atoms with Gasteiger partial charge in [-0.2, -0.15) is 0 Å². The Morgan fingerprint density at radius 3 is 2.38 bits per heavy atom. The molecule has 1 fully saturated rings. The van der Waals surface area contributed by atoms with Crippen LogP contribution in [0, 0.1) is 0 Å². The first-order valence-electron chi connectivity index (χ1n) is 5.81. The molecule has 0 radical (unpaired) electrons. The molecule has 1 rings (SSSR count). The lowest BCUT2D eigenvalue weighted by atomic mass is 10.1. The number of piperidine rings is 1. The second-order valence-electron chi connectivity index (χ2n) is 3.43. The summed E-state index contributed by atoms with van der Waals surface area (Å²) in [4.78, 5) is 10.9. The minimum absolute atomic E-state index is 0.428. The van der Waals surface area contributed by atoms with Gasteiger partial charge in [-0.3, -0.25) is 4.99 Å². The van der Waals surface area contributed by atoms with Crippen molar-refractivity contribution in [1.82, 2.24) is 4.90 Å². The monoisotopic (exact) mass is 244 g/mol. The molecule has 0 aromatic carbocycles. The first-order chi connectivity index (χ1) is 7.76. The first-order valence-corrected chi connectivity index (χ1v) is 7.03. The topological polar surface area (TPSA) is 54.0 Å². The summed E-state index contributed by atoms with van der Waals surface area (Å²) in [7, 11) is 2.15. The lowest BCUT2D eigenvalue weighted by Gasteiger charge is -2.26. The smallest absolute Gasteiger partial charge is 0.184 e. The molecular formula is C11H24N4S. The third-order valence-corrected chi connectivity index (χ3v) is 2.92. The zero-order chi connectivity index (χ0) is 12.4. The molecule has 0 aromatic rings. The molecule has 4 nitrogen and oxygen atoms in total. The lowest BCUT2D eigenvalue weighted by molar-refractivity contribution is 0.257. The standard InChI is InChI=1S/C9H18N4S.C2H6/c1-13-5-3-8(4-6-13)12-9(14-2)11-7-10;1-2/h7-8H,3-6H2,1-2H3,(H2,10,11,12);1-2H3. The number of hydrogen-bond donors (Lipinski definition) is 1. The molecule has 2 N–H and O–H groups in total. The van der Waals surface area contributed by atoms with Crippen LogP contribution >= 0.6 is 11.8 Å². The molecule has 0 spiro atoms. The summed E-state index contributed by atoms with van der Waals surface area (Å²) in [6.45, 7) is 6.25. The van der Waals surface area contributed by atoms with Crippen molar-refractivity contribution in [3.63, 3.8) is 0 Å². The van der Waals surface area contributed by atoms with Gasteiger partial charge in [0.15, 0.2) is 5.17 Å². The van der Waals surface area contributed by atoms with E-state index in [1.807, 2.05) is 20.1 Å². The first kappa shape index (κ1) is 15.4. The van der Waals surface area contributed by atoms with Gasteiger partial charge in [-0.25, -0.2) is 4.99 Å². The molecular weight excluding hydrogens is 220 g/mol. The molecule has 0 aliphatic carbocycles.